The van der Waals surface area contributed by atoms with E-state index in [4.69, 9.17) is 10.5 Å². The SMILES string of the molecule is COCCN(c1cc([C@@H](C)N)ccn1)C1CC1. The molecular weight excluding hydrogens is 214 g/mol. The number of methoxy groups -OCH3 is 1. The lowest BCUT2D eigenvalue weighted by molar-refractivity contribution is 0.204. The summed E-state index contributed by atoms with van der Waals surface area (Å²) in [5.74, 6) is 1.03. The predicted molar refractivity (Wildman–Crippen MR) is 69.1 cm³/mol. The highest BCUT2D eigenvalue weighted by atomic mass is 16.5. The van der Waals surface area contributed by atoms with Gasteiger partial charge in [-0.25, -0.2) is 4.98 Å². The zero-order valence-corrected chi connectivity index (χ0v) is 10.6. The molecule has 0 saturated heterocycles. The van der Waals surface area contributed by atoms with Gasteiger partial charge in [0.25, 0.3) is 0 Å². The Kier molecular flexibility index (Phi) is 3.97. The summed E-state index contributed by atoms with van der Waals surface area (Å²) in [6.07, 6.45) is 4.36. The van der Waals surface area contributed by atoms with Crippen LogP contribution in [-0.2, 0) is 4.74 Å². The van der Waals surface area contributed by atoms with Gasteiger partial charge in [0.15, 0.2) is 0 Å². The lowest BCUT2D eigenvalue weighted by Crippen LogP contribution is -2.30. The maximum atomic E-state index is 5.90. The highest BCUT2D eigenvalue weighted by Crippen LogP contribution is 2.31. The number of hydrogen-bond acceptors (Lipinski definition) is 4. The van der Waals surface area contributed by atoms with E-state index in [-0.39, 0.29) is 6.04 Å². The van der Waals surface area contributed by atoms with Gasteiger partial charge in [0, 0.05) is 31.9 Å². The third kappa shape index (κ3) is 3.17. The van der Waals surface area contributed by atoms with Gasteiger partial charge in [0.2, 0.25) is 0 Å². The van der Waals surface area contributed by atoms with Crippen LogP contribution in [0.15, 0.2) is 18.3 Å². The van der Waals surface area contributed by atoms with E-state index in [0.717, 1.165) is 24.5 Å². The van der Waals surface area contributed by atoms with Crippen molar-refractivity contribution >= 4 is 5.82 Å². The summed E-state index contributed by atoms with van der Waals surface area (Å²) in [7, 11) is 1.73. The Hall–Kier alpha value is -1.13. The number of nitrogens with zero attached hydrogens (tertiary/aromatic N) is 2. The lowest BCUT2D eigenvalue weighted by atomic mass is 10.1. The molecule has 1 atom stereocenters. The smallest absolute Gasteiger partial charge is 0.129 e. The highest BCUT2D eigenvalue weighted by Gasteiger charge is 2.29. The van der Waals surface area contributed by atoms with Crippen molar-refractivity contribution in [2.45, 2.75) is 31.8 Å². The molecule has 0 spiro atoms. The number of nitrogens with two attached hydrogens (primary N) is 1. The molecule has 1 aromatic heterocycles. The fourth-order valence-electron chi connectivity index (χ4n) is 1.93. The fraction of sp³-hybridized carbons (Fsp3) is 0.615. The normalized spacial score (nSPS) is 16.9. The molecule has 1 aromatic rings. The summed E-state index contributed by atoms with van der Waals surface area (Å²) in [4.78, 5) is 6.78. The van der Waals surface area contributed by atoms with E-state index in [9.17, 15) is 0 Å². The average Bonchev–Trinajstić information content (AvgIpc) is 3.14. The van der Waals surface area contributed by atoms with Crippen LogP contribution in [0.5, 0.6) is 0 Å². The molecule has 4 nitrogen and oxygen atoms in total. The summed E-state index contributed by atoms with van der Waals surface area (Å²) >= 11 is 0. The monoisotopic (exact) mass is 235 g/mol. The third-order valence-electron chi connectivity index (χ3n) is 3.11. The molecule has 0 bridgehead atoms. The van der Waals surface area contributed by atoms with Gasteiger partial charge < -0.3 is 15.4 Å². The van der Waals surface area contributed by atoms with Crippen LogP contribution in [0.1, 0.15) is 31.4 Å². The van der Waals surface area contributed by atoms with Gasteiger partial charge >= 0.3 is 0 Å². The number of ether oxygens (including phenoxy) is 1. The Morgan fingerprint density at radius 3 is 2.94 bits per heavy atom. The van der Waals surface area contributed by atoms with E-state index in [0.29, 0.717) is 6.04 Å². The van der Waals surface area contributed by atoms with Gasteiger partial charge in [-0.05, 0) is 37.5 Å². The summed E-state index contributed by atoms with van der Waals surface area (Å²) in [5.41, 5.74) is 7.04. The van der Waals surface area contributed by atoms with Gasteiger partial charge in [0.1, 0.15) is 5.82 Å². The standard InChI is InChI=1S/C13H21N3O/c1-10(14)11-5-6-15-13(9-11)16(7-8-17-2)12-3-4-12/h5-6,9-10,12H,3-4,7-8,14H2,1-2H3/t10-/m1/s1. The average molecular weight is 235 g/mol. The van der Waals surface area contributed by atoms with Crippen molar-refractivity contribution in [1.82, 2.24) is 4.98 Å². The summed E-state index contributed by atoms with van der Waals surface area (Å²) in [6, 6.07) is 4.77. The molecule has 2 N–H and O–H groups in total. The molecule has 0 aliphatic heterocycles. The van der Waals surface area contributed by atoms with Crippen LogP contribution in [0, 0.1) is 0 Å². The molecular formula is C13H21N3O. The molecule has 0 aromatic carbocycles. The highest BCUT2D eigenvalue weighted by molar-refractivity contribution is 5.44. The number of pyridine rings is 1. The zero-order valence-electron chi connectivity index (χ0n) is 10.6. The lowest BCUT2D eigenvalue weighted by Gasteiger charge is -2.23. The Labute approximate surface area is 103 Å². The van der Waals surface area contributed by atoms with Crippen LogP contribution in [-0.4, -0.2) is 31.3 Å². The first-order valence-corrected chi connectivity index (χ1v) is 6.19. The van der Waals surface area contributed by atoms with Gasteiger partial charge in [-0.2, -0.15) is 0 Å². The first kappa shape index (κ1) is 12.3. The molecule has 1 aliphatic rings. The van der Waals surface area contributed by atoms with E-state index in [1.807, 2.05) is 19.2 Å². The van der Waals surface area contributed by atoms with Gasteiger partial charge in [-0.1, -0.05) is 0 Å². The quantitative estimate of drug-likeness (QED) is 0.815. The van der Waals surface area contributed by atoms with Crippen LogP contribution in [0.4, 0.5) is 5.82 Å². The minimum absolute atomic E-state index is 0.0558. The number of aromatic nitrogens is 1. The van der Waals surface area contributed by atoms with Crippen molar-refractivity contribution in [3.05, 3.63) is 23.9 Å². The minimum atomic E-state index is 0.0558. The van der Waals surface area contributed by atoms with Crippen LogP contribution < -0.4 is 10.6 Å². The van der Waals surface area contributed by atoms with Crippen LogP contribution in [0.2, 0.25) is 0 Å². The second-order valence-electron chi connectivity index (χ2n) is 4.65. The molecule has 2 rings (SSSR count). The Morgan fingerprint density at radius 2 is 2.35 bits per heavy atom. The fourth-order valence-corrected chi connectivity index (χ4v) is 1.93. The molecule has 17 heavy (non-hydrogen) atoms. The Balaban J connectivity index is 2.14. The van der Waals surface area contributed by atoms with Gasteiger partial charge in [0.05, 0.1) is 6.61 Å². The van der Waals surface area contributed by atoms with Crippen molar-refractivity contribution in [1.29, 1.82) is 0 Å². The molecule has 1 heterocycles. The summed E-state index contributed by atoms with van der Waals surface area (Å²) < 4.78 is 5.16. The molecule has 1 aliphatic carbocycles. The predicted octanol–water partition coefficient (Wildman–Crippen LogP) is 1.72. The van der Waals surface area contributed by atoms with Crippen molar-refractivity contribution in [3.8, 4) is 0 Å². The molecule has 0 radical (unpaired) electrons. The summed E-state index contributed by atoms with van der Waals surface area (Å²) in [6.45, 7) is 3.63. The van der Waals surface area contributed by atoms with Crippen molar-refractivity contribution in [2.24, 2.45) is 5.73 Å². The van der Waals surface area contributed by atoms with Crippen molar-refractivity contribution < 1.29 is 4.74 Å². The van der Waals surface area contributed by atoms with Crippen LogP contribution >= 0.6 is 0 Å². The van der Waals surface area contributed by atoms with Gasteiger partial charge in [-0.3, -0.25) is 0 Å². The zero-order chi connectivity index (χ0) is 12.3. The second kappa shape index (κ2) is 5.47. The molecule has 0 unspecified atom stereocenters. The van der Waals surface area contributed by atoms with Crippen molar-refractivity contribution in [2.75, 3.05) is 25.2 Å². The van der Waals surface area contributed by atoms with E-state index in [1.54, 1.807) is 7.11 Å². The van der Waals surface area contributed by atoms with E-state index in [2.05, 4.69) is 16.0 Å². The Bertz CT molecular complexity index is 363. The maximum absolute atomic E-state index is 5.90. The first-order valence-electron chi connectivity index (χ1n) is 6.19. The van der Waals surface area contributed by atoms with E-state index < -0.39 is 0 Å². The van der Waals surface area contributed by atoms with Gasteiger partial charge in [-0.15, -0.1) is 0 Å². The number of rotatable bonds is 6. The van der Waals surface area contributed by atoms with Crippen molar-refractivity contribution in [3.63, 3.8) is 0 Å². The molecule has 4 heteroatoms. The third-order valence-corrected chi connectivity index (χ3v) is 3.11. The molecule has 1 saturated carbocycles. The number of anilines is 1. The maximum Gasteiger partial charge on any atom is 0.129 e. The number of hydrogen-bond donors (Lipinski definition) is 1. The Morgan fingerprint density at radius 1 is 1.59 bits per heavy atom. The molecule has 94 valence electrons. The van der Waals surface area contributed by atoms with E-state index >= 15 is 0 Å². The first-order chi connectivity index (χ1) is 8.22. The second-order valence-corrected chi connectivity index (χ2v) is 4.65. The largest absolute Gasteiger partial charge is 0.383 e. The van der Waals surface area contributed by atoms with E-state index in [1.165, 1.54) is 12.8 Å². The summed E-state index contributed by atoms with van der Waals surface area (Å²) in [5, 5.41) is 0. The topological polar surface area (TPSA) is 51.4 Å². The van der Waals surface area contributed by atoms with Crippen LogP contribution in [0.3, 0.4) is 0 Å². The molecule has 1 fully saturated rings. The van der Waals surface area contributed by atoms with Crippen LogP contribution in [0.25, 0.3) is 0 Å². The minimum Gasteiger partial charge on any atom is -0.383 e. The molecule has 0 amide bonds.